The van der Waals surface area contributed by atoms with Gasteiger partial charge in [-0.2, -0.15) is 0 Å². The summed E-state index contributed by atoms with van der Waals surface area (Å²) in [5.74, 6) is -0.468. The Balaban J connectivity index is 1.96. The van der Waals surface area contributed by atoms with Crippen molar-refractivity contribution in [2.75, 3.05) is 17.2 Å². The van der Waals surface area contributed by atoms with E-state index < -0.39 is 0 Å². The highest BCUT2D eigenvalue weighted by Gasteiger charge is 2.11. The van der Waals surface area contributed by atoms with Crippen LogP contribution in [0.3, 0.4) is 0 Å². The first-order valence-corrected chi connectivity index (χ1v) is 9.52. The van der Waals surface area contributed by atoms with Crippen molar-refractivity contribution in [2.24, 2.45) is 0 Å². The maximum Gasteiger partial charge on any atom is 0.251 e. The smallest absolute Gasteiger partial charge is 0.251 e. The predicted molar refractivity (Wildman–Crippen MR) is 112 cm³/mol. The second-order valence-electron chi connectivity index (χ2n) is 6.01. The summed E-state index contributed by atoms with van der Waals surface area (Å²) in [4.78, 5) is 24.3. The molecule has 0 bridgehead atoms. The molecule has 2 aromatic rings. The van der Waals surface area contributed by atoms with Gasteiger partial charge in [-0.15, -0.1) is 0 Å². The molecule has 8 heteroatoms. The van der Waals surface area contributed by atoms with E-state index >= 15 is 0 Å². The molecular weight excluding hydrogens is 409 g/mol. The van der Waals surface area contributed by atoms with Crippen molar-refractivity contribution in [1.29, 1.82) is 0 Å². The fourth-order valence-electron chi connectivity index (χ4n) is 2.17. The quantitative estimate of drug-likeness (QED) is 0.529. The fourth-order valence-corrected chi connectivity index (χ4v) is 2.77. The lowest BCUT2D eigenvalue weighted by atomic mass is 10.1. The Labute approximate surface area is 173 Å². The molecule has 5 nitrogen and oxygen atoms in total. The van der Waals surface area contributed by atoms with Gasteiger partial charge in [0.25, 0.3) is 5.91 Å². The highest BCUT2D eigenvalue weighted by Crippen LogP contribution is 2.32. The first kappa shape index (κ1) is 21.4. The van der Waals surface area contributed by atoms with Crippen LogP contribution >= 0.6 is 34.8 Å². The van der Waals surface area contributed by atoms with Gasteiger partial charge in [-0.3, -0.25) is 9.59 Å². The molecule has 0 saturated carbocycles. The Kier molecular flexibility index (Phi) is 7.78. The summed E-state index contributed by atoms with van der Waals surface area (Å²) in [7, 11) is 0. The third kappa shape index (κ3) is 6.31. The van der Waals surface area contributed by atoms with Crippen LogP contribution in [-0.4, -0.2) is 24.4 Å². The minimum absolute atomic E-state index is 0.00693. The van der Waals surface area contributed by atoms with E-state index in [1.807, 2.05) is 13.8 Å². The molecule has 0 aliphatic rings. The molecule has 2 amide bonds. The number of nitrogens with one attached hydrogen (secondary N) is 3. The van der Waals surface area contributed by atoms with Gasteiger partial charge in [0.1, 0.15) is 0 Å². The average Bonchev–Trinajstić information content (AvgIpc) is 2.64. The first-order chi connectivity index (χ1) is 12.8. The molecule has 3 N–H and O–H groups in total. The van der Waals surface area contributed by atoms with E-state index in [1.54, 1.807) is 24.3 Å². The summed E-state index contributed by atoms with van der Waals surface area (Å²) in [6, 6.07) is 9.99. The molecule has 0 aliphatic carbocycles. The van der Waals surface area contributed by atoms with E-state index in [1.165, 1.54) is 12.1 Å². The zero-order valence-electron chi connectivity index (χ0n) is 14.9. The molecule has 0 spiro atoms. The summed E-state index contributed by atoms with van der Waals surface area (Å²) in [6.45, 7) is 3.94. The minimum atomic E-state index is -0.315. The SMILES string of the molecule is CCC(C)NC(=O)c1cccc(NCC(=O)Nc2cc(Cl)c(Cl)cc2Cl)c1. The van der Waals surface area contributed by atoms with Gasteiger partial charge in [0.2, 0.25) is 5.91 Å². The Morgan fingerprint density at radius 1 is 1.04 bits per heavy atom. The number of benzene rings is 2. The number of carbonyl (C=O) groups excluding carboxylic acids is 2. The fraction of sp³-hybridized carbons (Fsp3) is 0.263. The normalized spacial score (nSPS) is 11.6. The second kappa shape index (κ2) is 9.83. The van der Waals surface area contributed by atoms with Crippen molar-refractivity contribution in [3.05, 3.63) is 57.0 Å². The average molecular weight is 429 g/mol. The monoisotopic (exact) mass is 427 g/mol. The Morgan fingerprint density at radius 3 is 2.44 bits per heavy atom. The van der Waals surface area contributed by atoms with Crippen LogP contribution in [0.1, 0.15) is 30.6 Å². The molecule has 1 unspecified atom stereocenters. The van der Waals surface area contributed by atoms with E-state index in [-0.39, 0.29) is 24.4 Å². The number of hydrogen-bond acceptors (Lipinski definition) is 3. The van der Waals surface area contributed by atoms with E-state index in [0.29, 0.717) is 32.0 Å². The molecule has 0 saturated heterocycles. The molecule has 0 radical (unpaired) electrons. The van der Waals surface area contributed by atoms with Crippen LogP contribution in [0.5, 0.6) is 0 Å². The summed E-state index contributed by atoms with van der Waals surface area (Å²) in [5, 5.41) is 9.44. The van der Waals surface area contributed by atoms with Crippen LogP contribution in [-0.2, 0) is 4.79 Å². The van der Waals surface area contributed by atoms with Crippen molar-refractivity contribution in [3.8, 4) is 0 Å². The van der Waals surface area contributed by atoms with Gasteiger partial charge in [-0.25, -0.2) is 0 Å². The highest BCUT2D eigenvalue weighted by molar-refractivity contribution is 6.44. The van der Waals surface area contributed by atoms with Crippen molar-refractivity contribution < 1.29 is 9.59 Å². The number of halogens is 3. The summed E-state index contributed by atoms with van der Waals surface area (Å²) in [5.41, 5.74) is 1.55. The van der Waals surface area contributed by atoms with Crippen LogP contribution < -0.4 is 16.0 Å². The Hall–Kier alpha value is -1.95. The molecular formula is C19H20Cl3N3O2. The van der Waals surface area contributed by atoms with E-state index in [4.69, 9.17) is 34.8 Å². The Bertz CT molecular complexity index is 843. The van der Waals surface area contributed by atoms with Crippen molar-refractivity contribution >= 4 is 58.0 Å². The maximum atomic E-state index is 12.2. The zero-order valence-corrected chi connectivity index (χ0v) is 17.2. The molecule has 144 valence electrons. The molecule has 27 heavy (non-hydrogen) atoms. The number of hydrogen-bond donors (Lipinski definition) is 3. The summed E-state index contributed by atoms with van der Waals surface area (Å²) < 4.78 is 0. The second-order valence-corrected chi connectivity index (χ2v) is 7.23. The van der Waals surface area contributed by atoms with Gasteiger partial charge in [0, 0.05) is 17.3 Å². The van der Waals surface area contributed by atoms with Gasteiger partial charge in [0.15, 0.2) is 0 Å². The maximum absolute atomic E-state index is 12.2. The number of carbonyl (C=O) groups is 2. The first-order valence-electron chi connectivity index (χ1n) is 8.39. The molecule has 0 aliphatic heterocycles. The van der Waals surface area contributed by atoms with Crippen molar-refractivity contribution in [3.63, 3.8) is 0 Å². The van der Waals surface area contributed by atoms with E-state index in [9.17, 15) is 9.59 Å². The topological polar surface area (TPSA) is 70.2 Å². The summed E-state index contributed by atoms with van der Waals surface area (Å²) in [6.07, 6.45) is 0.848. The number of rotatable bonds is 7. The van der Waals surface area contributed by atoms with E-state index in [0.717, 1.165) is 6.42 Å². The van der Waals surface area contributed by atoms with Gasteiger partial charge in [-0.1, -0.05) is 47.8 Å². The number of anilines is 2. The van der Waals surface area contributed by atoms with Gasteiger partial charge in [0.05, 0.1) is 27.3 Å². The van der Waals surface area contributed by atoms with Crippen LogP contribution in [0.25, 0.3) is 0 Å². The highest BCUT2D eigenvalue weighted by atomic mass is 35.5. The zero-order chi connectivity index (χ0) is 20.0. The number of amides is 2. The third-order valence-corrected chi connectivity index (χ3v) is 4.89. The molecule has 1 atom stereocenters. The van der Waals surface area contributed by atoms with E-state index in [2.05, 4.69) is 16.0 Å². The van der Waals surface area contributed by atoms with Gasteiger partial charge in [-0.05, 0) is 43.7 Å². The molecule has 0 aromatic heterocycles. The predicted octanol–water partition coefficient (Wildman–Crippen LogP) is 5.23. The van der Waals surface area contributed by atoms with Gasteiger partial charge >= 0.3 is 0 Å². The minimum Gasteiger partial charge on any atom is -0.376 e. The molecule has 2 aromatic carbocycles. The van der Waals surface area contributed by atoms with Crippen LogP contribution in [0.4, 0.5) is 11.4 Å². The molecule has 0 heterocycles. The van der Waals surface area contributed by atoms with Crippen LogP contribution in [0.2, 0.25) is 15.1 Å². The lowest BCUT2D eigenvalue weighted by Crippen LogP contribution is -2.31. The largest absolute Gasteiger partial charge is 0.376 e. The molecule has 2 rings (SSSR count). The van der Waals surface area contributed by atoms with Crippen molar-refractivity contribution in [2.45, 2.75) is 26.3 Å². The van der Waals surface area contributed by atoms with Gasteiger partial charge < -0.3 is 16.0 Å². The third-order valence-electron chi connectivity index (χ3n) is 3.85. The Morgan fingerprint density at radius 2 is 1.74 bits per heavy atom. The van der Waals surface area contributed by atoms with Crippen molar-refractivity contribution in [1.82, 2.24) is 5.32 Å². The lowest BCUT2D eigenvalue weighted by molar-refractivity contribution is -0.114. The standard InChI is InChI=1S/C19H20Cl3N3O2/c1-3-11(2)24-19(27)12-5-4-6-13(7-12)23-10-18(26)25-17-9-15(21)14(20)8-16(17)22/h4-9,11,23H,3,10H2,1-2H3,(H,24,27)(H,25,26). The molecule has 0 fully saturated rings. The summed E-state index contributed by atoms with van der Waals surface area (Å²) >= 11 is 17.9. The lowest BCUT2D eigenvalue weighted by Gasteiger charge is -2.13. The van der Waals surface area contributed by atoms with Crippen LogP contribution in [0, 0.1) is 0 Å². The van der Waals surface area contributed by atoms with Crippen LogP contribution in [0.15, 0.2) is 36.4 Å².